The molecular formula is C17H16N4O2S. The molecule has 7 heteroatoms. The second-order valence-electron chi connectivity index (χ2n) is 5.31. The summed E-state index contributed by atoms with van der Waals surface area (Å²) < 4.78 is 1.35. The van der Waals surface area contributed by atoms with Gasteiger partial charge < -0.3 is 9.88 Å². The summed E-state index contributed by atoms with van der Waals surface area (Å²) in [6.45, 7) is 3.75. The van der Waals surface area contributed by atoms with Crippen molar-refractivity contribution in [3.63, 3.8) is 0 Å². The number of thiazole rings is 1. The van der Waals surface area contributed by atoms with Crippen LogP contribution in [0.1, 0.15) is 10.6 Å². The fraction of sp³-hybridized carbons (Fsp3) is 0.176. The van der Waals surface area contributed by atoms with E-state index in [1.54, 1.807) is 6.20 Å². The van der Waals surface area contributed by atoms with E-state index in [0.717, 1.165) is 16.1 Å². The summed E-state index contributed by atoms with van der Waals surface area (Å²) in [5, 5.41) is 3.27. The summed E-state index contributed by atoms with van der Waals surface area (Å²) in [7, 11) is 0. The van der Waals surface area contributed by atoms with Crippen LogP contribution in [0.5, 0.6) is 0 Å². The Labute approximate surface area is 142 Å². The van der Waals surface area contributed by atoms with Crippen molar-refractivity contribution in [2.45, 2.75) is 20.4 Å². The molecule has 0 aliphatic rings. The Morgan fingerprint density at radius 3 is 2.67 bits per heavy atom. The molecule has 6 nitrogen and oxygen atoms in total. The Morgan fingerprint density at radius 1 is 1.25 bits per heavy atom. The summed E-state index contributed by atoms with van der Waals surface area (Å²) >= 11 is 1.41. The zero-order chi connectivity index (χ0) is 17.1. The van der Waals surface area contributed by atoms with Crippen LogP contribution < -0.4 is 10.9 Å². The van der Waals surface area contributed by atoms with Crippen LogP contribution in [-0.4, -0.2) is 20.4 Å². The number of hydrogen-bond donors (Lipinski definition) is 1. The lowest BCUT2D eigenvalue weighted by Crippen LogP contribution is -2.27. The first-order valence-electron chi connectivity index (χ1n) is 7.39. The number of benzene rings is 1. The molecule has 3 rings (SSSR count). The second-order valence-corrected chi connectivity index (χ2v) is 6.52. The van der Waals surface area contributed by atoms with Crippen LogP contribution in [0.3, 0.4) is 0 Å². The second kappa shape index (κ2) is 6.76. The van der Waals surface area contributed by atoms with E-state index < -0.39 is 0 Å². The minimum absolute atomic E-state index is 0.0845. The number of nitrogens with one attached hydrogen (secondary N) is 1. The molecule has 1 amide bonds. The molecule has 0 saturated heterocycles. The van der Waals surface area contributed by atoms with Gasteiger partial charge in [-0.05, 0) is 13.8 Å². The fourth-order valence-electron chi connectivity index (χ4n) is 2.16. The molecule has 0 saturated carbocycles. The van der Waals surface area contributed by atoms with E-state index in [0.29, 0.717) is 10.8 Å². The molecule has 2 aromatic heterocycles. The van der Waals surface area contributed by atoms with E-state index in [9.17, 15) is 9.59 Å². The highest BCUT2D eigenvalue weighted by atomic mass is 32.1. The third-order valence-electron chi connectivity index (χ3n) is 3.53. The molecule has 0 aliphatic heterocycles. The Bertz CT molecular complexity index is 912. The maximum Gasteiger partial charge on any atom is 0.269 e. The van der Waals surface area contributed by atoms with E-state index in [1.165, 1.54) is 22.1 Å². The van der Waals surface area contributed by atoms with Gasteiger partial charge in [0.05, 0.1) is 17.6 Å². The van der Waals surface area contributed by atoms with Gasteiger partial charge in [-0.1, -0.05) is 30.3 Å². The largest absolute Gasteiger partial charge is 0.303 e. The van der Waals surface area contributed by atoms with E-state index in [-0.39, 0.29) is 18.0 Å². The van der Waals surface area contributed by atoms with Crippen molar-refractivity contribution >= 4 is 22.4 Å². The van der Waals surface area contributed by atoms with Crippen LogP contribution in [0.4, 0.5) is 5.13 Å². The smallest absolute Gasteiger partial charge is 0.269 e. The first-order chi connectivity index (χ1) is 11.5. The van der Waals surface area contributed by atoms with Gasteiger partial charge in [0.2, 0.25) is 5.91 Å². The molecule has 2 heterocycles. The van der Waals surface area contributed by atoms with Crippen LogP contribution in [0.25, 0.3) is 11.3 Å². The normalized spacial score (nSPS) is 10.6. The predicted octanol–water partition coefficient (Wildman–Crippen LogP) is 2.62. The number of carbonyl (C=O) groups is 1. The number of carbonyl (C=O) groups excluding carboxylic acids is 1. The van der Waals surface area contributed by atoms with Gasteiger partial charge in [0.25, 0.3) is 5.56 Å². The zero-order valence-electron chi connectivity index (χ0n) is 13.3. The predicted molar refractivity (Wildman–Crippen MR) is 94.2 cm³/mol. The lowest BCUT2D eigenvalue weighted by Gasteiger charge is -2.07. The highest BCUT2D eigenvalue weighted by molar-refractivity contribution is 7.15. The molecule has 0 aliphatic carbocycles. The first kappa shape index (κ1) is 16.1. The Balaban J connectivity index is 1.79. The monoisotopic (exact) mass is 340 g/mol. The molecule has 0 atom stereocenters. The maximum absolute atomic E-state index is 12.2. The van der Waals surface area contributed by atoms with Crippen LogP contribution in [0.2, 0.25) is 0 Å². The van der Waals surface area contributed by atoms with Crippen molar-refractivity contribution in [1.82, 2.24) is 14.5 Å². The number of aryl methyl sites for hydroxylation is 2. The average molecular weight is 340 g/mol. The van der Waals surface area contributed by atoms with Gasteiger partial charge in [-0.25, -0.2) is 9.97 Å². The lowest BCUT2D eigenvalue weighted by molar-refractivity contribution is -0.116. The van der Waals surface area contributed by atoms with Crippen LogP contribution in [0.15, 0.2) is 47.5 Å². The van der Waals surface area contributed by atoms with Crippen molar-refractivity contribution in [3.05, 3.63) is 63.7 Å². The van der Waals surface area contributed by atoms with Gasteiger partial charge >= 0.3 is 0 Å². The molecule has 3 aromatic rings. The van der Waals surface area contributed by atoms with Crippen LogP contribution in [0, 0.1) is 13.8 Å². The quantitative estimate of drug-likeness (QED) is 0.792. The number of anilines is 1. The Kier molecular flexibility index (Phi) is 4.52. The number of hydrogen-bond acceptors (Lipinski definition) is 5. The van der Waals surface area contributed by atoms with Gasteiger partial charge in [-0.15, -0.1) is 11.3 Å². The molecular weight excluding hydrogens is 324 g/mol. The molecule has 0 bridgehead atoms. The number of aromatic nitrogens is 3. The molecule has 0 radical (unpaired) electrons. The average Bonchev–Trinajstić information content (AvgIpc) is 2.88. The summed E-state index contributed by atoms with van der Waals surface area (Å²) in [5.41, 5.74) is 2.10. The highest BCUT2D eigenvalue weighted by Crippen LogP contribution is 2.21. The van der Waals surface area contributed by atoms with Crippen molar-refractivity contribution in [1.29, 1.82) is 0 Å². The van der Waals surface area contributed by atoms with Gasteiger partial charge in [-0.3, -0.25) is 9.59 Å². The van der Waals surface area contributed by atoms with E-state index >= 15 is 0 Å². The van der Waals surface area contributed by atoms with Crippen molar-refractivity contribution in [3.8, 4) is 11.3 Å². The Hall–Kier alpha value is -2.80. The summed E-state index contributed by atoms with van der Waals surface area (Å²) in [6.07, 6.45) is 2.82. The van der Waals surface area contributed by atoms with Gasteiger partial charge in [0.1, 0.15) is 6.54 Å². The fourth-order valence-corrected chi connectivity index (χ4v) is 3.00. The molecule has 1 aromatic carbocycles. The summed E-state index contributed by atoms with van der Waals surface area (Å²) in [6, 6.07) is 9.50. The van der Waals surface area contributed by atoms with Gasteiger partial charge in [-0.2, -0.15) is 0 Å². The van der Waals surface area contributed by atoms with Crippen LogP contribution in [-0.2, 0) is 11.3 Å². The minimum Gasteiger partial charge on any atom is -0.303 e. The summed E-state index contributed by atoms with van der Waals surface area (Å²) in [5.74, 6) is -0.295. The number of rotatable bonds is 4. The Morgan fingerprint density at radius 2 is 2.00 bits per heavy atom. The van der Waals surface area contributed by atoms with E-state index in [4.69, 9.17) is 0 Å². The third-order valence-corrected chi connectivity index (χ3v) is 4.52. The van der Waals surface area contributed by atoms with E-state index in [1.807, 2.05) is 44.2 Å². The van der Waals surface area contributed by atoms with Crippen molar-refractivity contribution in [2.24, 2.45) is 0 Å². The first-order valence-corrected chi connectivity index (χ1v) is 8.20. The van der Waals surface area contributed by atoms with E-state index in [2.05, 4.69) is 15.3 Å². The molecule has 24 heavy (non-hydrogen) atoms. The van der Waals surface area contributed by atoms with Gasteiger partial charge in [0.15, 0.2) is 5.13 Å². The standard InChI is InChI=1S/C17H16N4O2S/c1-11-12(2)24-17(19-11)20-15(22)10-21-9-14(18-8-16(21)23)13-6-4-3-5-7-13/h3-9H,10H2,1-2H3,(H,19,20,22). The van der Waals surface area contributed by atoms with Gasteiger partial charge in [0, 0.05) is 16.6 Å². The minimum atomic E-state index is -0.323. The highest BCUT2D eigenvalue weighted by Gasteiger charge is 2.10. The molecule has 0 fully saturated rings. The molecule has 122 valence electrons. The summed E-state index contributed by atoms with van der Waals surface area (Å²) in [4.78, 5) is 33.6. The SMILES string of the molecule is Cc1nc(NC(=O)Cn2cc(-c3ccccc3)ncc2=O)sc1C. The maximum atomic E-state index is 12.2. The third kappa shape index (κ3) is 3.57. The van der Waals surface area contributed by atoms with Crippen molar-refractivity contribution in [2.75, 3.05) is 5.32 Å². The zero-order valence-corrected chi connectivity index (χ0v) is 14.1. The molecule has 0 unspecified atom stereocenters. The number of nitrogens with zero attached hydrogens (tertiary/aromatic N) is 3. The topological polar surface area (TPSA) is 76.9 Å². The van der Waals surface area contributed by atoms with Crippen LogP contribution >= 0.6 is 11.3 Å². The van der Waals surface area contributed by atoms with Crippen molar-refractivity contribution < 1.29 is 4.79 Å². The number of amides is 1. The molecule has 1 N–H and O–H groups in total. The lowest BCUT2D eigenvalue weighted by atomic mass is 10.2. The molecule has 0 spiro atoms.